The highest BCUT2D eigenvalue weighted by molar-refractivity contribution is 5.82. The minimum Gasteiger partial charge on any atom is -0.491 e. The highest BCUT2D eigenvalue weighted by atomic mass is 18.2. The second kappa shape index (κ2) is 13.3. The number of carbonyl (C=O) groups is 3. The predicted octanol–water partition coefficient (Wildman–Crippen LogP) is 2.69. The van der Waals surface area contributed by atoms with E-state index in [-0.39, 0.29) is 30.8 Å². The quantitative estimate of drug-likeness (QED) is 0.453. The van der Waals surface area contributed by atoms with Gasteiger partial charge in [0.15, 0.2) is 0 Å². The van der Waals surface area contributed by atoms with Crippen molar-refractivity contribution in [2.75, 3.05) is 39.5 Å². The first-order valence-corrected chi connectivity index (χ1v) is 12.3. The van der Waals surface area contributed by atoms with E-state index in [2.05, 4.69) is 10.6 Å². The minimum atomic E-state index is -1.03. The van der Waals surface area contributed by atoms with Crippen LogP contribution < -0.4 is 15.4 Å². The summed E-state index contributed by atoms with van der Waals surface area (Å²) >= 11 is 0. The number of amides is 2. The normalized spacial score (nSPS) is 19.9. The number of aliphatic carboxylic acids is 1. The Morgan fingerprint density at radius 3 is 2.59 bits per heavy atom. The molecule has 2 aliphatic heterocycles. The van der Waals surface area contributed by atoms with Gasteiger partial charge in [-0.25, -0.2) is 4.39 Å². The highest BCUT2D eigenvalue weighted by Crippen LogP contribution is 2.24. The molecular formula is C25H36FN3O5. The maximum atomic E-state index is 13.0. The first kappa shape index (κ1) is 25.9. The van der Waals surface area contributed by atoms with Crippen LogP contribution in [0.5, 0.6) is 5.75 Å². The highest BCUT2D eigenvalue weighted by Gasteiger charge is 2.30. The Labute approximate surface area is 200 Å². The van der Waals surface area contributed by atoms with Crippen molar-refractivity contribution in [3.63, 3.8) is 0 Å². The molecule has 0 unspecified atom stereocenters. The van der Waals surface area contributed by atoms with Crippen molar-refractivity contribution in [2.24, 2.45) is 11.8 Å². The van der Waals surface area contributed by atoms with Gasteiger partial charge in [0.05, 0.1) is 18.4 Å². The third-order valence-corrected chi connectivity index (χ3v) is 6.69. The summed E-state index contributed by atoms with van der Waals surface area (Å²) in [5, 5.41) is 15.6. The number of rotatable bonds is 11. The molecule has 188 valence electrons. The van der Waals surface area contributed by atoms with Crippen LogP contribution in [0.1, 0.15) is 56.6 Å². The third kappa shape index (κ3) is 7.97. The molecule has 1 aromatic rings. The Morgan fingerprint density at radius 1 is 1.18 bits per heavy atom. The second-order valence-electron chi connectivity index (χ2n) is 9.18. The Kier molecular flexibility index (Phi) is 10.1. The summed E-state index contributed by atoms with van der Waals surface area (Å²) < 4.78 is 17.5. The Bertz CT molecular complexity index is 813. The van der Waals surface area contributed by atoms with Gasteiger partial charge in [-0.3, -0.25) is 14.4 Å². The SMILES string of the molecule is O=C(O)C[C@@H](NC(=O)[C@@H]1CCCN(C(=O)CCC2CCNCC2)C1)c1ccc(OCC[18F])cc1. The van der Waals surface area contributed by atoms with Crippen molar-refractivity contribution >= 4 is 17.8 Å². The van der Waals surface area contributed by atoms with Gasteiger partial charge in [0.2, 0.25) is 11.8 Å². The summed E-state index contributed by atoms with van der Waals surface area (Å²) in [6.07, 6.45) is 4.76. The lowest BCUT2D eigenvalue weighted by Gasteiger charge is -2.33. The third-order valence-electron chi connectivity index (χ3n) is 6.69. The molecule has 1 aromatic carbocycles. The largest absolute Gasteiger partial charge is 0.491 e. The number of carboxylic acids is 1. The summed E-state index contributed by atoms with van der Waals surface area (Å²) in [4.78, 5) is 39.0. The second-order valence-corrected chi connectivity index (χ2v) is 9.18. The number of benzene rings is 1. The van der Waals surface area contributed by atoms with Crippen LogP contribution in [0, 0.1) is 11.8 Å². The zero-order valence-electron chi connectivity index (χ0n) is 19.6. The maximum Gasteiger partial charge on any atom is 0.305 e. The minimum absolute atomic E-state index is 0.0522. The van der Waals surface area contributed by atoms with Crippen LogP contribution in [-0.4, -0.2) is 67.3 Å². The zero-order chi connectivity index (χ0) is 24.3. The van der Waals surface area contributed by atoms with Crippen LogP contribution in [0.15, 0.2) is 24.3 Å². The number of halogens is 1. The van der Waals surface area contributed by atoms with Gasteiger partial charge in [-0.2, -0.15) is 0 Å². The molecule has 2 atom stereocenters. The molecule has 2 amide bonds. The number of carboxylic acid groups (broad SMARTS) is 1. The lowest BCUT2D eigenvalue weighted by atomic mass is 9.92. The van der Waals surface area contributed by atoms with E-state index < -0.39 is 18.7 Å². The number of hydrogen-bond acceptors (Lipinski definition) is 5. The Morgan fingerprint density at radius 2 is 1.91 bits per heavy atom. The van der Waals surface area contributed by atoms with Crippen LogP contribution in [-0.2, 0) is 14.4 Å². The number of ether oxygens (including phenoxy) is 1. The van der Waals surface area contributed by atoms with Crippen LogP contribution in [0.25, 0.3) is 0 Å². The van der Waals surface area contributed by atoms with Gasteiger partial charge in [0.1, 0.15) is 19.0 Å². The van der Waals surface area contributed by atoms with Crippen LogP contribution in [0.2, 0.25) is 0 Å². The molecule has 2 heterocycles. The molecule has 2 saturated heterocycles. The lowest BCUT2D eigenvalue weighted by molar-refractivity contribution is -0.138. The fourth-order valence-electron chi connectivity index (χ4n) is 4.74. The summed E-state index contributed by atoms with van der Waals surface area (Å²) in [7, 11) is 0. The van der Waals surface area contributed by atoms with Gasteiger partial charge in [-0.1, -0.05) is 12.1 Å². The van der Waals surface area contributed by atoms with Crippen LogP contribution in [0.3, 0.4) is 0 Å². The molecule has 2 fully saturated rings. The summed E-state index contributed by atoms with van der Waals surface area (Å²) in [5.41, 5.74) is 0.633. The van der Waals surface area contributed by atoms with Gasteiger partial charge in [0.25, 0.3) is 0 Å². The molecule has 3 rings (SSSR count). The van der Waals surface area contributed by atoms with Gasteiger partial charge in [0, 0.05) is 19.5 Å². The Hall–Kier alpha value is -2.68. The summed E-state index contributed by atoms with van der Waals surface area (Å²) in [5.74, 6) is -0.462. The van der Waals surface area contributed by atoms with Crippen molar-refractivity contribution in [2.45, 2.75) is 51.0 Å². The topological polar surface area (TPSA) is 108 Å². The van der Waals surface area contributed by atoms with E-state index in [1.54, 1.807) is 29.2 Å². The number of hydrogen-bond donors (Lipinski definition) is 3. The van der Waals surface area contributed by atoms with Gasteiger partial charge < -0.3 is 25.4 Å². The monoisotopic (exact) mass is 476 g/mol. The fraction of sp³-hybridized carbons (Fsp3) is 0.640. The molecule has 3 N–H and O–H groups in total. The van der Waals surface area contributed by atoms with Crippen molar-refractivity contribution in [3.8, 4) is 5.75 Å². The summed E-state index contributed by atoms with van der Waals surface area (Å²) in [6, 6.07) is 5.93. The molecule has 8 nitrogen and oxygen atoms in total. The van der Waals surface area contributed by atoms with E-state index in [0.717, 1.165) is 38.8 Å². The van der Waals surface area contributed by atoms with Crippen molar-refractivity contribution < 1.29 is 28.6 Å². The lowest BCUT2D eigenvalue weighted by Crippen LogP contribution is -2.46. The van der Waals surface area contributed by atoms with Crippen molar-refractivity contribution in [3.05, 3.63) is 29.8 Å². The molecule has 2 aliphatic rings. The molecular weight excluding hydrogens is 440 g/mol. The van der Waals surface area contributed by atoms with Crippen molar-refractivity contribution in [1.29, 1.82) is 0 Å². The van der Waals surface area contributed by atoms with Crippen molar-refractivity contribution in [1.82, 2.24) is 15.5 Å². The number of nitrogens with zero attached hydrogens (tertiary/aromatic N) is 1. The zero-order valence-corrected chi connectivity index (χ0v) is 19.6. The van der Waals surface area contributed by atoms with Crippen LogP contribution in [0.4, 0.5) is 4.39 Å². The number of nitrogens with one attached hydrogen (secondary N) is 2. The molecule has 0 aromatic heterocycles. The first-order chi connectivity index (χ1) is 16.5. The summed E-state index contributed by atoms with van der Waals surface area (Å²) in [6.45, 7) is 2.40. The smallest absolute Gasteiger partial charge is 0.305 e. The number of likely N-dealkylation sites (tertiary alicyclic amines) is 1. The average molecular weight is 477 g/mol. The predicted molar refractivity (Wildman–Crippen MR) is 125 cm³/mol. The van der Waals surface area contributed by atoms with E-state index in [0.29, 0.717) is 43.2 Å². The van der Waals surface area contributed by atoms with E-state index in [1.807, 2.05) is 0 Å². The van der Waals surface area contributed by atoms with E-state index >= 15 is 0 Å². The molecule has 0 aliphatic carbocycles. The number of carbonyl (C=O) groups excluding carboxylic acids is 2. The molecule has 9 heteroatoms. The molecule has 34 heavy (non-hydrogen) atoms. The van der Waals surface area contributed by atoms with Crippen LogP contribution >= 0.6 is 0 Å². The Balaban J connectivity index is 1.55. The average Bonchev–Trinajstić information content (AvgIpc) is 2.86. The molecule has 0 bridgehead atoms. The van der Waals surface area contributed by atoms with Gasteiger partial charge in [-0.15, -0.1) is 0 Å². The maximum absolute atomic E-state index is 13.0. The first-order valence-electron chi connectivity index (χ1n) is 12.3. The molecule has 0 saturated carbocycles. The fourth-order valence-corrected chi connectivity index (χ4v) is 4.74. The standard InChI is InChI=1S/C25H36FN3O5/c26-11-15-34-21-6-4-19(5-7-21)22(16-24(31)32)28-25(33)20-2-1-14-29(17-20)23(30)8-3-18-9-12-27-13-10-18/h4-7,18,20,22,27H,1-3,8-17H2,(H,28,33)(H,31,32)/t20-,22-/m1/s1/i26-1. The van der Waals surface area contributed by atoms with Gasteiger partial charge >= 0.3 is 5.97 Å². The molecule has 0 spiro atoms. The van der Waals surface area contributed by atoms with E-state index in [9.17, 15) is 23.9 Å². The van der Waals surface area contributed by atoms with Gasteiger partial charge in [-0.05, 0) is 68.8 Å². The van der Waals surface area contributed by atoms with E-state index in [4.69, 9.17) is 4.74 Å². The molecule has 0 radical (unpaired) electrons. The van der Waals surface area contributed by atoms with E-state index in [1.165, 1.54) is 0 Å². The number of alkyl halides is 1. The number of piperidine rings is 2.